The van der Waals surface area contributed by atoms with Crippen molar-refractivity contribution in [1.82, 2.24) is 0 Å². The van der Waals surface area contributed by atoms with Crippen molar-refractivity contribution >= 4 is 9.52 Å². The molecule has 0 heterocycles. The van der Waals surface area contributed by atoms with Crippen molar-refractivity contribution in [3.05, 3.63) is 45.8 Å². The fraction of sp³-hybridized carbons (Fsp3) is 0.333. The van der Waals surface area contributed by atoms with Crippen LogP contribution in [0.3, 0.4) is 0 Å². The van der Waals surface area contributed by atoms with Crippen LogP contribution in [-0.2, 0) is 0 Å². The average molecular weight is 186 g/mol. The Morgan fingerprint density at radius 1 is 0.923 bits per heavy atom. The van der Waals surface area contributed by atoms with Crippen molar-refractivity contribution in [2.45, 2.75) is 26.7 Å². The zero-order chi connectivity index (χ0) is 9.26. The van der Waals surface area contributed by atoms with Gasteiger partial charge in [0.25, 0.3) is 0 Å². The number of rotatable bonds is 2. The van der Waals surface area contributed by atoms with Crippen LogP contribution in [-0.4, -0.2) is 9.52 Å². The minimum atomic E-state index is 0.934. The van der Waals surface area contributed by atoms with E-state index in [9.17, 15) is 0 Å². The predicted octanol–water partition coefficient (Wildman–Crippen LogP) is 3.16. The second-order valence-electron chi connectivity index (χ2n) is 3.66. The quantitative estimate of drug-likeness (QED) is 0.581. The summed E-state index contributed by atoms with van der Waals surface area (Å²) in [6.45, 7) is 4.45. The summed E-state index contributed by atoms with van der Waals surface area (Å²) in [4.78, 5) is 0. The molecule has 1 heteroatoms. The van der Waals surface area contributed by atoms with Crippen LogP contribution in [0.25, 0.3) is 0 Å². The Balaban J connectivity index is 2.08. The lowest BCUT2D eigenvalue weighted by Crippen LogP contribution is -2.00. The van der Waals surface area contributed by atoms with Crippen molar-refractivity contribution in [2.24, 2.45) is 0 Å². The Kier molecular flexibility index (Phi) is 2.36. The van der Waals surface area contributed by atoms with Gasteiger partial charge in [-0.1, -0.05) is 45.8 Å². The summed E-state index contributed by atoms with van der Waals surface area (Å²) < 4.78 is 0. The summed E-state index contributed by atoms with van der Waals surface area (Å²) in [5.74, 6) is 0. The van der Waals surface area contributed by atoms with E-state index in [1.807, 2.05) is 0 Å². The van der Waals surface area contributed by atoms with E-state index in [2.05, 4.69) is 38.2 Å². The van der Waals surface area contributed by atoms with Crippen LogP contribution >= 0.6 is 0 Å². The van der Waals surface area contributed by atoms with Crippen LogP contribution in [0.5, 0.6) is 0 Å². The van der Waals surface area contributed by atoms with Gasteiger partial charge in [0.05, 0.1) is 0 Å². The van der Waals surface area contributed by atoms with E-state index < -0.39 is 0 Å². The topological polar surface area (TPSA) is 0 Å². The molecule has 2 aliphatic carbocycles. The molecule has 0 N–H and O–H groups in total. The minimum Gasteiger partial charge on any atom is -0.0806 e. The van der Waals surface area contributed by atoms with Gasteiger partial charge in [-0.15, -0.1) is 0 Å². The van der Waals surface area contributed by atoms with E-state index in [0.717, 1.165) is 9.52 Å². The van der Waals surface area contributed by atoms with Crippen molar-refractivity contribution in [3.8, 4) is 0 Å². The molecule has 0 aromatic heterocycles. The van der Waals surface area contributed by atoms with Crippen LogP contribution in [0.15, 0.2) is 45.8 Å². The van der Waals surface area contributed by atoms with Crippen LogP contribution in [0.1, 0.15) is 26.7 Å². The van der Waals surface area contributed by atoms with Gasteiger partial charge >= 0.3 is 0 Å². The Labute approximate surface area is 82.6 Å². The number of allylic oxidation sites excluding steroid dienone is 8. The van der Waals surface area contributed by atoms with Crippen molar-refractivity contribution in [3.63, 3.8) is 0 Å². The molecule has 2 radical (unpaired) electrons. The Hall–Kier alpha value is -0.823. The van der Waals surface area contributed by atoms with Crippen molar-refractivity contribution in [1.29, 1.82) is 0 Å². The van der Waals surface area contributed by atoms with Gasteiger partial charge in [0, 0.05) is 0 Å². The molecular weight excluding hydrogens is 172 g/mol. The summed E-state index contributed by atoms with van der Waals surface area (Å²) in [5.41, 5.74) is 2.98. The molecule has 66 valence electrons. The number of hydrogen-bond acceptors (Lipinski definition) is 0. The molecule has 0 unspecified atom stereocenters. The highest BCUT2D eigenvalue weighted by Crippen LogP contribution is 2.24. The van der Waals surface area contributed by atoms with E-state index in [4.69, 9.17) is 0 Å². The van der Waals surface area contributed by atoms with E-state index in [-0.39, 0.29) is 0 Å². The van der Waals surface area contributed by atoms with E-state index in [1.165, 1.54) is 24.0 Å². The molecule has 13 heavy (non-hydrogen) atoms. The summed E-state index contributed by atoms with van der Waals surface area (Å²) >= 11 is 0. The van der Waals surface area contributed by atoms with E-state index >= 15 is 0 Å². The molecule has 0 aromatic carbocycles. The summed E-state index contributed by atoms with van der Waals surface area (Å²) in [5, 5.41) is 3.27. The lowest BCUT2D eigenvalue weighted by Gasteiger charge is -2.05. The molecule has 2 rings (SSSR count). The fourth-order valence-corrected chi connectivity index (χ4v) is 3.08. The van der Waals surface area contributed by atoms with Crippen molar-refractivity contribution in [2.75, 3.05) is 0 Å². The predicted molar refractivity (Wildman–Crippen MR) is 58.7 cm³/mol. The highest BCUT2D eigenvalue weighted by atomic mass is 28.2. The third-order valence-electron chi connectivity index (χ3n) is 2.63. The second kappa shape index (κ2) is 3.50. The second-order valence-corrected chi connectivity index (χ2v) is 5.12. The van der Waals surface area contributed by atoms with Crippen LogP contribution in [0.4, 0.5) is 0 Å². The highest BCUT2D eigenvalue weighted by Gasteiger charge is 2.12. The molecule has 2 aliphatic rings. The zero-order valence-corrected chi connectivity index (χ0v) is 9.22. The summed E-state index contributed by atoms with van der Waals surface area (Å²) in [6.07, 6.45) is 11.4. The molecular formula is C12H14Si. The first-order valence-corrected chi connectivity index (χ1v) is 5.77. The highest BCUT2D eigenvalue weighted by molar-refractivity contribution is 6.54. The minimum absolute atomic E-state index is 0.934. The number of hydrogen-bond donors (Lipinski definition) is 0. The average Bonchev–Trinajstić information content (AvgIpc) is 2.65. The van der Waals surface area contributed by atoms with Gasteiger partial charge < -0.3 is 0 Å². The smallest absolute Gasteiger partial charge is 0.0806 e. The van der Waals surface area contributed by atoms with Crippen molar-refractivity contribution < 1.29 is 0 Å². The Morgan fingerprint density at radius 3 is 1.69 bits per heavy atom. The van der Waals surface area contributed by atoms with Gasteiger partial charge in [0.1, 0.15) is 9.52 Å². The molecule has 0 fully saturated rings. The first-order chi connectivity index (χ1) is 6.27. The van der Waals surface area contributed by atoms with Crippen LogP contribution < -0.4 is 0 Å². The molecule has 0 aliphatic heterocycles. The largest absolute Gasteiger partial charge is 0.111 e. The van der Waals surface area contributed by atoms with Gasteiger partial charge in [0.15, 0.2) is 0 Å². The molecule has 0 amide bonds. The lowest BCUT2D eigenvalue weighted by molar-refractivity contribution is 1.32. The molecule has 0 spiro atoms. The zero-order valence-electron chi connectivity index (χ0n) is 8.22. The molecule has 0 bridgehead atoms. The normalized spacial score (nSPS) is 21.1. The van der Waals surface area contributed by atoms with E-state index in [1.54, 1.807) is 10.4 Å². The van der Waals surface area contributed by atoms with Gasteiger partial charge in [-0.2, -0.15) is 0 Å². The lowest BCUT2D eigenvalue weighted by atomic mass is 10.3. The van der Waals surface area contributed by atoms with Crippen LogP contribution in [0, 0.1) is 0 Å². The van der Waals surface area contributed by atoms with E-state index in [0.29, 0.717) is 0 Å². The third-order valence-corrected chi connectivity index (χ3v) is 4.43. The van der Waals surface area contributed by atoms with Crippen LogP contribution in [0.2, 0.25) is 0 Å². The molecule has 0 saturated heterocycles. The molecule has 0 saturated carbocycles. The van der Waals surface area contributed by atoms with Gasteiger partial charge in [-0.25, -0.2) is 0 Å². The maximum absolute atomic E-state index is 2.27. The molecule has 0 aromatic rings. The SMILES string of the molecule is CC1=C([Si]C2=C(C)C=CC2)CC=C1. The Bertz CT molecular complexity index is 306. The van der Waals surface area contributed by atoms with Gasteiger partial charge in [-0.05, 0) is 26.7 Å². The maximum atomic E-state index is 2.27. The Morgan fingerprint density at radius 2 is 1.38 bits per heavy atom. The summed E-state index contributed by atoms with van der Waals surface area (Å²) in [6, 6.07) is 0. The standard InChI is InChI=1S/C12H14Si/c1-9-5-3-7-11(9)13-12-8-4-6-10(12)2/h3-6H,7-8H2,1-2H3. The molecule has 0 nitrogen and oxygen atoms in total. The monoisotopic (exact) mass is 186 g/mol. The molecule has 0 atom stereocenters. The third kappa shape index (κ3) is 1.75. The first-order valence-electron chi connectivity index (χ1n) is 4.77. The maximum Gasteiger partial charge on any atom is 0.111 e. The van der Waals surface area contributed by atoms with Gasteiger partial charge in [-0.3, -0.25) is 0 Å². The summed E-state index contributed by atoms with van der Waals surface area (Å²) in [7, 11) is 0.934. The van der Waals surface area contributed by atoms with Gasteiger partial charge in [0.2, 0.25) is 0 Å². The first kappa shape index (κ1) is 8.76. The fourth-order valence-electron chi connectivity index (χ4n) is 1.71.